The zero-order valence-electron chi connectivity index (χ0n) is 11.7. The molecule has 3 heterocycles. The van der Waals surface area contributed by atoms with Crippen LogP contribution >= 0.6 is 11.3 Å². The van der Waals surface area contributed by atoms with E-state index in [-0.39, 0.29) is 11.9 Å². The minimum atomic E-state index is -0.439. The second kappa shape index (κ2) is 6.20. The molecule has 3 rings (SSSR count). The molecule has 2 aliphatic heterocycles. The number of aryl methyl sites for hydroxylation is 1. The molecule has 2 saturated heterocycles. The van der Waals surface area contributed by atoms with E-state index >= 15 is 0 Å². The molecule has 1 aromatic heterocycles. The third-order valence-electron chi connectivity index (χ3n) is 3.80. The van der Waals surface area contributed by atoms with E-state index in [0.717, 1.165) is 36.5 Å². The van der Waals surface area contributed by atoms with Crippen molar-refractivity contribution in [3.63, 3.8) is 0 Å². The number of amides is 1. The zero-order valence-corrected chi connectivity index (χ0v) is 12.5. The van der Waals surface area contributed by atoms with Crippen LogP contribution in [0.3, 0.4) is 0 Å². The number of rotatable bonds is 2. The largest absolute Gasteiger partial charge is 0.376 e. The predicted molar refractivity (Wildman–Crippen MR) is 75.7 cm³/mol. The fraction of sp³-hybridized carbons (Fsp3) is 0.714. The highest BCUT2D eigenvalue weighted by Gasteiger charge is 2.35. The molecule has 0 spiro atoms. The molecular formula is C14H20N2O3S. The van der Waals surface area contributed by atoms with Crippen LogP contribution in [-0.4, -0.2) is 48.3 Å². The molecule has 0 aliphatic carbocycles. The molecule has 110 valence electrons. The minimum Gasteiger partial charge on any atom is -0.376 e. The lowest BCUT2D eigenvalue weighted by Crippen LogP contribution is -2.48. The van der Waals surface area contributed by atoms with E-state index in [9.17, 15) is 4.79 Å². The molecule has 0 bridgehead atoms. The summed E-state index contributed by atoms with van der Waals surface area (Å²) in [4.78, 5) is 19.2. The number of carbonyl (C=O) groups is 1. The Labute approximate surface area is 122 Å². The van der Waals surface area contributed by atoms with Gasteiger partial charge in [0.1, 0.15) is 5.01 Å². The normalized spacial score (nSPS) is 27.6. The fourth-order valence-electron chi connectivity index (χ4n) is 2.79. The highest BCUT2D eigenvalue weighted by Crippen LogP contribution is 2.33. The van der Waals surface area contributed by atoms with Gasteiger partial charge in [-0.25, -0.2) is 4.98 Å². The summed E-state index contributed by atoms with van der Waals surface area (Å²) in [6.07, 6.45) is 2.76. The molecule has 0 saturated carbocycles. The van der Waals surface area contributed by atoms with Crippen molar-refractivity contribution in [3.05, 3.63) is 16.1 Å². The molecule has 2 fully saturated rings. The lowest BCUT2D eigenvalue weighted by atomic mass is 10.0. The van der Waals surface area contributed by atoms with Crippen LogP contribution in [0.4, 0.5) is 0 Å². The number of hydrogen-bond donors (Lipinski definition) is 0. The Kier molecular flexibility index (Phi) is 4.33. The number of hydrogen-bond acceptors (Lipinski definition) is 5. The van der Waals surface area contributed by atoms with Crippen molar-refractivity contribution in [2.24, 2.45) is 0 Å². The Hall–Kier alpha value is -0.980. The Morgan fingerprint density at radius 1 is 1.45 bits per heavy atom. The smallest absolute Gasteiger partial charge is 0.254 e. The first-order chi connectivity index (χ1) is 9.75. The van der Waals surface area contributed by atoms with Crippen LogP contribution in [0.1, 0.15) is 36.0 Å². The van der Waals surface area contributed by atoms with Gasteiger partial charge in [0.15, 0.2) is 6.10 Å². The van der Waals surface area contributed by atoms with E-state index in [1.807, 2.05) is 17.2 Å². The third kappa shape index (κ3) is 2.87. The number of carbonyl (C=O) groups excluding carboxylic acids is 1. The lowest BCUT2D eigenvalue weighted by molar-refractivity contribution is -0.161. The van der Waals surface area contributed by atoms with Crippen LogP contribution < -0.4 is 0 Å². The standard InChI is InChI=1S/C14H20N2O3S/c1-10-9-20-13(15-10)11-4-2-3-5-16(11)14(17)12-8-18-6-7-19-12/h9,11-12H,2-8H2,1H3/t11-,12-/m0/s1. The van der Waals surface area contributed by atoms with Gasteiger partial charge in [0, 0.05) is 17.6 Å². The summed E-state index contributed by atoms with van der Waals surface area (Å²) in [6.45, 7) is 4.25. The Morgan fingerprint density at radius 2 is 2.35 bits per heavy atom. The monoisotopic (exact) mass is 296 g/mol. The van der Waals surface area contributed by atoms with Crippen molar-refractivity contribution in [1.82, 2.24) is 9.88 Å². The summed E-state index contributed by atoms with van der Waals surface area (Å²) < 4.78 is 10.9. The van der Waals surface area contributed by atoms with Crippen molar-refractivity contribution >= 4 is 17.2 Å². The van der Waals surface area contributed by atoms with Crippen LogP contribution in [0.5, 0.6) is 0 Å². The maximum Gasteiger partial charge on any atom is 0.254 e. The molecule has 0 N–H and O–H groups in total. The number of thiazole rings is 1. The van der Waals surface area contributed by atoms with Gasteiger partial charge in [-0.3, -0.25) is 4.79 Å². The van der Waals surface area contributed by atoms with Gasteiger partial charge in [0.25, 0.3) is 5.91 Å². The molecule has 0 unspecified atom stereocenters. The maximum absolute atomic E-state index is 12.6. The highest BCUT2D eigenvalue weighted by atomic mass is 32.1. The van der Waals surface area contributed by atoms with Gasteiger partial charge in [-0.15, -0.1) is 11.3 Å². The molecular weight excluding hydrogens is 276 g/mol. The van der Waals surface area contributed by atoms with Crippen LogP contribution in [0.2, 0.25) is 0 Å². The van der Waals surface area contributed by atoms with E-state index < -0.39 is 6.10 Å². The molecule has 6 heteroatoms. The first-order valence-corrected chi connectivity index (χ1v) is 8.05. The first kappa shape index (κ1) is 14.0. The first-order valence-electron chi connectivity index (χ1n) is 7.17. The van der Waals surface area contributed by atoms with Gasteiger partial charge >= 0.3 is 0 Å². The van der Waals surface area contributed by atoms with Gasteiger partial charge in [-0.2, -0.15) is 0 Å². The molecule has 2 atom stereocenters. The van der Waals surface area contributed by atoms with Crippen molar-refractivity contribution in [1.29, 1.82) is 0 Å². The maximum atomic E-state index is 12.6. The molecule has 0 radical (unpaired) electrons. The van der Waals surface area contributed by atoms with Crippen molar-refractivity contribution in [2.45, 2.75) is 38.3 Å². The van der Waals surface area contributed by atoms with E-state index in [1.54, 1.807) is 11.3 Å². The Morgan fingerprint density at radius 3 is 3.05 bits per heavy atom. The van der Waals surface area contributed by atoms with E-state index in [0.29, 0.717) is 19.8 Å². The summed E-state index contributed by atoms with van der Waals surface area (Å²) in [5, 5.41) is 3.10. The molecule has 20 heavy (non-hydrogen) atoms. The Bertz CT molecular complexity index is 471. The number of piperidine rings is 1. The van der Waals surface area contributed by atoms with Crippen molar-refractivity contribution < 1.29 is 14.3 Å². The van der Waals surface area contributed by atoms with E-state index in [2.05, 4.69) is 4.98 Å². The summed E-state index contributed by atoms with van der Waals surface area (Å²) >= 11 is 1.65. The zero-order chi connectivity index (χ0) is 13.9. The summed E-state index contributed by atoms with van der Waals surface area (Å²) in [6, 6.07) is 0.112. The summed E-state index contributed by atoms with van der Waals surface area (Å²) in [5.41, 5.74) is 1.03. The highest BCUT2D eigenvalue weighted by molar-refractivity contribution is 7.09. The number of likely N-dealkylation sites (tertiary alicyclic amines) is 1. The summed E-state index contributed by atoms with van der Waals surface area (Å²) in [7, 11) is 0. The second-order valence-corrected chi connectivity index (χ2v) is 6.19. The van der Waals surface area contributed by atoms with Crippen LogP contribution in [0.25, 0.3) is 0 Å². The second-order valence-electron chi connectivity index (χ2n) is 5.30. The van der Waals surface area contributed by atoms with Gasteiger partial charge in [0.05, 0.1) is 25.9 Å². The van der Waals surface area contributed by atoms with Crippen molar-refractivity contribution in [3.8, 4) is 0 Å². The van der Waals surface area contributed by atoms with Gasteiger partial charge in [-0.1, -0.05) is 0 Å². The molecule has 1 amide bonds. The number of ether oxygens (including phenoxy) is 2. The molecule has 1 aromatic rings. The molecule has 2 aliphatic rings. The minimum absolute atomic E-state index is 0.0576. The van der Waals surface area contributed by atoms with Gasteiger partial charge < -0.3 is 14.4 Å². The predicted octanol–water partition coefficient (Wildman–Crippen LogP) is 1.92. The Balaban J connectivity index is 1.76. The van der Waals surface area contributed by atoms with Gasteiger partial charge in [0.2, 0.25) is 0 Å². The van der Waals surface area contributed by atoms with Crippen molar-refractivity contribution in [2.75, 3.05) is 26.4 Å². The van der Waals surface area contributed by atoms with E-state index in [4.69, 9.17) is 9.47 Å². The van der Waals surface area contributed by atoms with Gasteiger partial charge in [-0.05, 0) is 26.2 Å². The summed E-state index contributed by atoms with van der Waals surface area (Å²) in [5.74, 6) is 0.0576. The fourth-order valence-corrected chi connectivity index (χ4v) is 3.74. The van der Waals surface area contributed by atoms with E-state index in [1.165, 1.54) is 0 Å². The van der Waals surface area contributed by atoms with Crippen LogP contribution in [0, 0.1) is 6.92 Å². The quantitative estimate of drug-likeness (QED) is 0.836. The number of nitrogens with zero attached hydrogens (tertiary/aromatic N) is 2. The SMILES string of the molecule is Cc1csc([C@@H]2CCCCN2C(=O)[C@@H]2COCCO2)n1. The van der Waals surface area contributed by atoms with Crippen LogP contribution in [0.15, 0.2) is 5.38 Å². The average Bonchev–Trinajstić information content (AvgIpc) is 2.94. The average molecular weight is 296 g/mol. The van der Waals surface area contributed by atoms with Crippen LogP contribution in [-0.2, 0) is 14.3 Å². The third-order valence-corrected chi connectivity index (χ3v) is 4.86. The molecule has 5 nitrogen and oxygen atoms in total. The topological polar surface area (TPSA) is 51.7 Å². The number of aromatic nitrogens is 1. The lowest BCUT2D eigenvalue weighted by Gasteiger charge is -2.37. The molecule has 0 aromatic carbocycles.